The summed E-state index contributed by atoms with van der Waals surface area (Å²) in [5, 5.41) is 0.512. The first-order valence-corrected chi connectivity index (χ1v) is 8.17. The summed E-state index contributed by atoms with van der Waals surface area (Å²) < 4.78 is 11.3. The molecule has 0 aliphatic rings. The summed E-state index contributed by atoms with van der Waals surface area (Å²) in [6.45, 7) is 2.93. The second-order valence-corrected chi connectivity index (χ2v) is 5.67. The molecule has 1 atom stereocenters. The molecule has 2 aromatic rings. The molecule has 1 unspecified atom stereocenters. The van der Waals surface area contributed by atoms with Crippen molar-refractivity contribution in [1.29, 1.82) is 0 Å². The Kier molecular flexibility index (Phi) is 7.11. The molecular weight excluding hydrogens is 312 g/mol. The van der Waals surface area contributed by atoms with Gasteiger partial charge in [-0.1, -0.05) is 61.3 Å². The Bertz CT molecular complexity index is 613. The zero-order valence-electron chi connectivity index (χ0n) is 13.2. The van der Waals surface area contributed by atoms with Crippen LogP contribution in [0.15, 0.2) is 54.6 Å². The minimum Gasteiger partial charge on any atom is -0.459 e. The molecule has 0 N–H and O–H groups in total. The Hall–Kier alpha value is -1.84. The largest absolute Gasteiger partial charge is 0.459 e. The Labute approximate surface area is 142 Å². The van der Waals surface area contributed by atoms with Gasteiger partial charge in [0, 0.05) is 11.6 Å². The van der Waals surface area contributed by atoms with Gasteiger partial charge in [-0.2, -0.15) is 0 Å². The van der Waals surface area contributed by atoms with Crippen LogP contribution >= 0.6 is 11.6 Å². The second kappa shape index (κ2) is 9.33. The van der Waals surface area contributed by atoms with Crippen LogP contribution in [0.5, 0.6) is 0 Å². The van der Waals surface area contributed by atoms with Gasteiger partial charge < -0.3 is 9.47 Å². The lowest BCUT2D eigenvalue weighted by molar-refractivity contribution is -0.0102. The van der Waals surface area contributed by atoms with E-state index in [0.29, 0.717) is 17.2 Å². The van der Waals surface area contributed by atoms with Crippen molar-refractivity contribution in [2.24, 2.45) is 0 Å². The number of carbonyl (C=O) groups excluding carboxylic acids is 1. The van der Waals surface area contributed by atoms with Gasteiger partial charge in [-0.05, 0) is 30.2 Å². The number of benzene rings is 2. The number of rotatable bonds is 8. The molecule has 0 spiro atoms. The van der Waals surface area contributed by atoms with E-state index in [2.05, 4.69) is 6.92 Å². The predicted octanol–water partition coefficient (Wildman–Crippen LogP) is 5.05. The third-order valence-corrected chi connectivity index (χ3v) is 3.65. The number of hydrogen-bond acceptors (Lipinski definition) is 3. The van der Waals surface area contributed by atoms with Crippen LogP contribution in [0.2, 0.25) is 5.02 Å². The van der Waals surface area contributed by atoms with Gasteiger partial charge in [-0.15, -0.1) is 0 Å². The highest BCUT2D eigenvalue weighted by atomic mass is 35.5. The summed E-state index contributed by atoms with van der Waals surface area (Å²) in [6.07, 6.45) is 1.78. The van der Waals surface area contributed by atoms with Crippen LogP contribution in [0.25, 0.3) is 0 Å². The van der Waals surface area contributed by atoms with Crippen molar-refractivity contribution >= 4 is 17.6 Å². The molecule has 0 aliphatic carbocycles. The van der Waals surface area contributed by atoms with E-state index in [1.807, 2.05) is 30.3 Å². The van der Waals surface area contributed by atoms with Crippen LogP contribution in [0.4, 0.5) is 0 Å². The van der Waals surface area contributed by atoms with Crippen LogP contribution in [0.1, 0.15) is 41.8 Å². The zero-order chi connectivity index (χ0) is 16.5. The molecule has 2 rings (SSSR count). The molecule has 0 heterocycles. The molecule has 2 aromatic carbocycles. The summed E-state index contributed by atoms with van der Waals surface area (Å²) in [7, 11) is 0. The van der Waals surface area contributed by atoms with Crippen molar-refractivity contribution in [1.82, 2.24) is 0 Å². The van der Waals surface area contributed by atoms with Crippen molar-refractivity contribution in [3.05, 3.63) is 70.7 Å². The molecule has 0 radical (unpaired) electrons. The quantitative estimate of drug-likeness (QED) is 0.501. The first-order chi connectivity index (χ1) is 11.2. The van der Waals surface area contributed by atoms with Crippen LogP contribution in [0.3, 0.4) is 0 Å². The average molecular weight is 333 g/mol. The van der Waals surface area contributed by atoms with Crippen molar-refractivity contribution in [2.75, 3.05) is 13.2 Å². The fraction of sp³-hybridized carbons (Fsp3) is 0.316. The highest BCUT2D eigenvalue weighted by Crippen LogP contribution is 2.19. The van der Waals surface area contributed by atoms with Gasteiger partial charge in [0.05, 0.1) is 5.56 Å². The van der Waals surface area contributed by atoms with Crippen LogP contribution in [0, 0.1) is 0 Å². The third kappa shape index (κ3) is 5.70. The Morgan fingerprint density at radius 3 is 2.61 bits per heavy atom. The molecule has 0 bridgehead atoms. The number of esters is 1. The van der Waals surface area contributed by atoms with Gasteiger partial charge in [-0.3, -0.25) is 0 Å². The van der Waals surface area contributed by atoms with Crippen molar-refractivity contribution < 1.29 is 14.3 Å². The average Bonchev–Trinajstić information content (AvgIpc) is 2.58. The molecular formula is C19H21ClO3. The SMILES string of the molecule is CCCCOC(COC(=O)c1cccc(Cl)c1)c1ccccc1. The van der Waals surface area contributed by atoms with Crippen molar-refractivity contribution in [2.45, 2.75) is 25.9 Å². The monoisotopic (exact) mass is 332 g/mol. The number of hydrogen-bond donors (Lipinski definition) is 0. The van der Waals surface area contributed by atoms with Gasteiger partial charge in [-0.25, -0.2) is 4.79 Å². The van der Waals surface area contributed by atoms with E-state index in [1.165, 1.54) is 0 Å². The highest BCUT2D eigenvalue weighted by Gasteiger charge is 2.16. The van der Waals surface area contributed by atoms with E-state index < -0.39 is 5.97 Å². The van der Waals surface area contributed by atoms with E-state index in [4.69, 9.17) is 21.1 Å². The summed E-state index contributed by atoms with van der Waals surface area (Å²) >= 11 is 5.90. The molecule has 0 saturated carbocycles. The van der Waals surface area contributed by atoms with Crippen LogP contribution in [-0.4, -0.2) is 19.2 Å². The number of ether oxygens (including phenoxy) is 2. The standard InChI is InChI=1S/C19H21ClO3/c1-2-3-12-22-18(15-8-5-4-6-9-15)14-23-19(21)16-10-7-11-17(20)13-16/h4-11,13,18H,2-3,12,14H2,1H3. The van der Waals surface area contributed by atoms with E-state index in [0.717, 1.165) is 18.4 Å². The minimum absolute atomic E-state index is 0.180. The van der Waals surface area contributed by atoms with E-state index in [-0.39, 0.29) is 12.7 Å². The van der Waals surface area contributed by atoms with Gasteiger partial charge >= 0.3 is 5.97 Å². The van der Waals surface area contributed by atoms with Crippen molar-refractivity contribution in [3.8, 4) is 0 Å². The molecule has 3 nitrogen and oxygen atoms in total. The Balaban J connectivity index is 1.98. The Morgan fingerprint density at radius 2 is 1.91 bits per heavy atom. The minimum atomic E-state index is -0.396. The molecule has 23 heavy (non-hydrogen) atoms. The van der Waals surface area contributed by atoms with Crippen LogP contribution in [-0.2, 0) is 9.47 Å². The predicted molar refractivity (Wildman–Crippen MR) is 91.8 cm³/mol. The number of unbranched alkanes of at least 4 members (excludes halogenated alkanes) is 1. The molecule has 122 valence electrons. The fourth-order valence-corrected chi connectivity index (χ4v) is 2.32. The van der Waals surface area contributed by atoms with E-state index in [9.17, 15) is 4.79 Å². The van der Waals surface area contributed by atoms with Gasteiger partial charge in [0.2, 0.25) is 0 Å². The molecule has 4 heteroatoms. The smallest absolute Gasteiger partial charge is 0.338 e. The maximum absolute atomic E-state index is 12.1. The summed E-state index contributed by atoms with van der Waals surface area (Å²) in [5.74, 6) is -0.396. The lowest BCUT2D eigenvalue weighted by Crippen LogP contribution is -2.16. The lowest BCUT2D eigenvalue weighted by Gasteiger charge is -2.18. The number of carbonyl (C=O) groups is 1. The van der Waals surface area contributed by atoms with Gasteiger partial charge in [0.15, 0.2) is 0 Å². The third-order valence-electron chi connectivity index (χ3n) is 3.41. The maximum atomic E-state index is 12.1. The summed E-state index contributed by atoms with van der Waals surface area (Å²) in [4.78, 5) is 12.1. The Morgan fingerprint density at radius 1 is 1.13 bits per heavy atom. The van der Waals surface area contributed by atoms with Gasteiger partial charge in [0.25, 0.3) is 0 Å². The summed E-state index contributed by atoms with van der Waals surface area (Å²) in [6, 6.07) is 16.5. The second-order valence-electron chi connectivity index (χ2n) is 5.23. The van der Waals surface area contributed by atoms with Gasteiger partial charge in [0.1, 0.15) is 12.7 Å². The maximum Gasteiger partial charge on any atom is 0.338 e. The van der Waals surface area contributed by atoms with Crippen LogP contribution < -0.4 is 0 Å². The molecule has 0 saturated heterocycles. The molecule has 0 amide bonds. The molecule has 0 aromatic heterocycles. The van der Waals surface area contributed by atoms with E-state index in [1.54, 1.807) is 24.3 Å². The fourth-order valence-electron chi connectivity index (χ4n) is 2.13. The molecule has 0 fully saturated rings. The lowest BCUT2D eigenvalue weighted by atomic mass is 10.1. The zero-order valence-corrected chi connectivity index (χ0v) is 14.0. The highest BCUT2D eigenvalue weighted by molar-refractivity contribution is 6.30. The molecule has 0 aliphatic heterocycles. The summed E-state index contributed by atoms with van der Waals surface area (Å²) in [5.41, 5.74) is 1.44. The normalized spacial score (nSPS) is 11.9. The number of halogens is 1. The topological polar surface area (TPSA) is 35.5 Å². The first kappa shape index (κ1) is 17.5. The van der Waals surface area contributed by atoms with Crippen molar-refractivity contribution in [3.63, 3.8) is 0 Å². The first-order valence-electron chi connectivity index (χ1n) is 7.80. The van der Waals surface area contributed by atoms with E-state index >= 15 is 0 Å².